The Morgan fingerprint density at radius 1 is 1.56 bits per heavy atom. The summed E-state index contributed by atoms with van der Waals surface area (Å²) in [5.74, 6) is 0.462. The van der Waals surface area contributed by atoms with Gasteiger partial charge in [0.2, 0.25) is 0 Å². The van der Waals surface area contributed by atoms with Crippen LogP contribution >= 0.6 is 0 Å². The average molecular weight is 223 g/mol. The molecular weight excluding hydrogens is 210 g/mol. The van der Waals surface area contributed by atoms with Gasteiger partial charge in [-0.1, -0.05) is 0 Å². The van der Waals surface area contributed by atoms with E-state index in [9.17, 15) is 15.2 Å². The second kappa shape index (κ2) is 3.75. The molecule has 5 heteroatoms. The predicted octanol–water partition coefficient (Wildman–Crippen LogP) is 1.63. The van der Waals surface area contributed by atoms with Crippen LogP contribution in [-0.4, -0.2) is 23.7 Å². The van der Waals surface area contributed by atoms with Crippen molar-refractivity contribution < 1.29 is 14.8 Å². The maximum absolute atomic E-state index is 10.9. The number of nitrogens with zero attached hydrogens (tertiary/aromatic N) is 1. The monoisotopic (exact) mass is 223 g/mol. The van der Waals surface area contributed by atoms with Gasteiger partial charge in [-0.05, 0) is 25.0 Å². The Kier molecular flexibility index (Phi) is 2.55. The number of hydrogen-bond acceptors (Lipinski definition) is 4. The van der Waals surface area contributed by atoms with Gasteiger partial charge in [0, 0.05) is 11.0 Å². The molecule has 1 saturated carbocycles. The van der Waals surface area contributed by atoms with E-state index in [2.05, 4.69) is 0 Å². The van der Waals surface area contributed by atoms with Crippen molar-refractivity contribution in [2.24, 2.45) is 0 Å². The molecule has 2 rings (SSSR count). The molecule has 1 aromatic carbocycles. The van der Waals surface area contributed by atoms with E-state index in [1.54, 1.807) is 12.1 Å². The third-order valence-corrected chi connectivity index (χ3v) is 3.13. The molecule has 0 amide bonds. The standard InChI is InChI=1S/C11H13NO4/c1-16-8-2-3-9(10(6-8)12(14)15)11(7-13)4-5-11/h2-3,6,13H,4-5,7H2,1H3. The first-order chi connectivity index (χ1) is 7.63. The Bertz CT molecular complexity index is 426. The van der Waals surface area contributed by atoms with Crippen LogP contribution in [0.2, 0.25) is 0 Å². The maximum Gasteiger partial charge on any atom is 0.276 e. The number of hydrogen-bond donors (Lipinski definition) is 1. The van der Waals surface area contributed by atoms with Crippen LogP contribution < -0.4 is 4.74 Å². The van der Waals surface area contributed by atoms with Gasteiger partial charge in [-0.15, -0.1) is 0 Å². The molecule has 5 nitrogen and oxygen atoms in total. The van der Waals surface area contributed by atoms with E-state index in [-0.39, 0.29) is 12.3 Å². The Morgan fingerprint density at radius 2 is 2.25 bits per heavy atom. The van der Waals surface area contributed by atoms with Gasteiger partial charge in [0.15, 0.2) is 0 Å². The molecule has 1 aliphatic rings. The molecule has 0 saturated heterocycles. The van der Waals surface area contributed by atoms with Crippen LogP contribution in [0.1, 0.15) is 18.4 Å². The summed E-state index contributed by atoms with van der Waals surface area (Å²) in [7, 11) is 1.47. The fourth-order valence-electron chi connectivity index (χ4n) is 1.90. The van der Waals surface area contributed by atoms with Crippen molar-refractivity contribution in [1.29, 1.82) is 0 Å². The Balaban J connectivity index is 2.49. The summed E-state index contributed by atoms with van der Waals surface area (Å²) in [4.78, 5) is 10.5. The molecule has 1 N–H and O–H groups in total. The van der Waals surface area contributed by atoms with E-state index in [4.69, 9.17) is 4.74 Å². The highest BCUT2D eigenvalue weighted by Crippen LogP contribution is 2.51. The summed E-state index contributed by atoms with van der Waals surface area (Å²) in [6.45, 7) is -0.0415. The first kappa shape index (κ1) is 10.9. The molecule has 0 heterocycles. The van der Waals surface area contributed by atoms with E-state index in [0.29, 0.717) is 11.3 Å². The molecule has 0 radical (unpaired) electrons. The maximum atomic E-state index is 10.9. The summed E-state index contributed by atoms with van der Waals surface area (Å²) in [5.41, 5.74) is 0.251. The van der Waals surface area contributed by atoms with Crippen LogP contribution in [0.25, 0.3) is 0 Å². The van der Waals surface area contributed by atoms with Gasteiger partial charge in [-0.2, -0.15) is 0 Å². The van der Waals surface area contributed by atoms with E-state index in [1.807, 2.05) is 0 Å². The topological polar surface area (TPSA) is 72.6 Å². The summed E-state index contributed by atoms with van der Waals surface area (Å²) in [6.07, 6.45) is 1.60. The van der Waals surface area contributed by atoms with Gasteiger partial charge in [-0.3, -0.25) is 10.1 Å². The Morgan fingerprint density at radius 3 is 2.69 bits per heavy atom. The molecule has 0 bridgehead atoms. The second-order valence-electron chi connectivity index (χ2n) is 4.08. The number of benzene rings is 1. The van der Waals surface area contributed by atoms with Gasteiger partial charge in [0.05, 0.1) is 24.7 Å². The van der Waals surface area contributed by atoms with Crippen molar-refractivity contribution in [2.45, 2.75) is 18.3 Å². The summed E-state index contributed by atoms with van der Waals surface area (Å²) in [6, 6.07) is 4.78. The number of rotatable bonds is 4. The minimum Gasteiger partial charge on any atom is -0.497 e. The highest BCUT2D eigenvalue weighted by molar-refractivity contribution is 5.52. The van der Waals surface area contributed by atoms with Crippen molar-refractivity contribution in [3.05, 3.63) is 33.9 Å². The molecule has 0 spiro atoms. The molecule has 1 aromatic rings. The predicted molar refractivity (Wildman–Crippen MR) is 57.6 cm³/mol. The van der Waals surface area contributed by atoms with Gasteiger partial charge in [0.1, 0.15) is 5.75 Å². The molecular formula is C11H13NO4. The van der Waals surface area contributed by atoms with E-state index in [0.717, 1.165) is 12.8 Å². The molecule has 0 atom stereocenters. The number of aliphatic hydroxyl groups is 1. The van der Waals surface area contributed by atoms with Crippen molar-refractivity contribution in [3.63, 3.8) is 0 Å². The minimum absolute atomic E-state index is 0.0332. The fourth-order valence-corrected chi connectivity index (χ4v) is 1.90. The molecule has 0 aliphatic heterocycles. The van der Waals surface area contributed by atoms with Crippen molar-refractivity contribution in [2.75, 3.05) is 13.7 Å². The van der Waals surface area contributed by atoms with Gasteiger partial charge >= 0.3 is 0 Å². The fraction of sp³-hybridized carbons (Fsp3) is 0.455. The van der Waals surface area contributed by atoms with Crippen LogP contribution in [-0.2, 0) is 5.41 Å². The lowest BCUT2D eigenvalue weighted by atomic mass is 9.95. The number of methoxy groups -OCH3 is 1. The average Bonchev–Trinajstić information content (AvgIpc) is 3.09. The molecule has 16 heavy (non-hydrogen) atoms. The zero-order chi connectivity index (χ0) is 11.8. The summed E-state index contributed by atoms with van der Waals surface area (Å²) >= 11 is 0. The lowest BCUT2D eigenvalue weighted by Gasteiger charge is -2.12. The van der Waals surface area contributed by atoms with Crippen LogP contribution in [0.15, 0.2) is 18.2 Å². The van der Waals surface area contributed by atoms with Crippen molar-refractivity contribution >= 4 is 5.69 Å². The minimum atomic E-state index is -0.423. The highest BCUT2D eigenvalue weighted by atomic mass is 16.6. The van der Waals surface area contributed by atoms with Gasteiger partial charge in [-0.25, -0.2) is 0 Å². The van der Waals surface area contributed by atoms with E-state index in [1.165, 1.54) is 13.2 Å². The largest absolute Gasteiger partial charge is 0.497 e. The van der Waals surface area contributed by atoms with Gasteiger partial charge in [0.25, 0.3) is 5.69 Å². The van der Waals surface area contributed by atoms with Crippen LogP contribution in [0, 0.1) is 10.1 Å². The zero-order valence-electron chi connectivity index (χ0n) is 8.97. The number of nitro benzene ring substituents is 1. The number of ether oxygens (including phenoxy) is 1. The van der Waals surface area contributed by atoms with E-state index >= 15 is 0 Å². The van der Waals surface area contributed by atoms with Crippen LogP contribution in [0.5, 0.6) is 5.75 Å². The number of nitro groups is 1. The molecule has 1 aliphatic carbocycles. The smallest absolute Gasteiger partial charge is 0.276 e. The normalized spacial score (nSPS) is 16.9. The molecule has 86 valence electrons. The third-order valence-electron chi connectivity index (χ3n) is 3.13. The lowest BCUT2D eigenvalue weighted by molar-refractivity contribution is -0.386. The SMILES string of the molecule is COc1ccc(C2(CO)CC2)c([N+](=O)[O-])c1. The Labute approximate surface area is 92.8 Å². The first-order valence-electron chi connectivity index (χ1n) is 5.07. The van der Waals surface area contributed by atoms with Crippen LogP contribution in [0.4, 0.5) is 5.69 Å². The summed E-state index contributed by atoms with van der Waals surface area (Å²) < 4.78 is 4.96. The summed E-state index contributed by atoms with van der Waals surface area (Å²) in [5, 5.41) is 20.2. The second-order valence-corrected chi connectivity index (χ2v) is 4.08. The van der Waals surface area contributed by atoms with Gasteiger partial charge < -0.3 is 9.84 Å². The molecule has 1 fully saturated rings. The zero-order valence-corrected chi connectivity index (χ0v) is 8.97. The third kappa shape index (κ3) is 1.63. The van der Waals surface area contributed by atoms with Crippen molar-refractivity contribution in [3.8, 4) is 5.75 Å². The first-order valence-corrected chi connectivity index (χ1v) is 5.07. The lowest BCUT2D eigenvalue weighted by Crippen LogP contribution is -2.14. The number of aliphatic hydroxyl groups excluding tert-OH is 1. The van der Waals surface area contributed by atoms with Crippen LogP contribution in [0.3, 0.4) is 0 Å². The Hall–Kier alpha value is -1.62. The quantitative estimate of drug-likeness (QED) is 0.622. The molecule has 0 unspecified atom stereocenters. The highest BCUT2D eigenvalue weighted by Gasteiger charge is 2.47. The van der Waals surface area contributed by atoms with E-state index < -0.39 is 10.3 Å². The molecule has 0 aromatic heterocycles. The van der Waals surface area contributed by atoms with Crippen molar-refractivity contribution in [1.82, 2.24) is 0 Å².